The van der Waals surface area contributed by atoms with Gasteiger partial charge in [-0.2, -0.15) is 5.10 Å². The van der Waals surface area contributed by atoms with Crippen molar-refractivity contribution in [3.05, 3.63) is 46.1 Å². The predicted molar refractivity (Wildman–Crippen MR) is 115 cm³/mol. The zero-order chi connectivity index (χ0) is 20.8. The molecule has 1 N–H and O–H groups in total. The van der Waals surface area contributed by atoms with Gasteiger partial charge in [0.15, 0.2) is 0 Å². The van der Waals surface area contributed by atoms with E-state index in [0.29, 0.717) is 46.2 Å². The molecule has 0 fully saturated rings. The van der Waals surface area contributed by atoms with Crippen LogP contribution in [0.2, 0.25) is 5.02 Å². The zero-order valence-electron chi connectivity index (χ0n) is 15.9. The number of nitrogens with one attached hydrogen (secondary N) is 1. The molecule has 3 heterocycles. The summed E-state index contributed by atoms with van der Waals surface area (Å²) in [6, 6.07) is 1.75. The van der Waals surface area contributed by atoms with Gasteiger partial charge in [0.2, 0.25) is 11.7 Å². The summed E-state index contributed by atoms with van der Waals surface area (Å²) in [5.41, 5.74) is 1.94. The van der Waals surface area contributed by atoms with E-state index in [-0.39, 0.29) is 11.7 Å². The topological polar surface area (TPSA) is 96.9 Å². The molecule has 10 heteroatoms. The third kappa shape index (κ3) is 5.10. The number of aromatic nitrogens is 5. The van der Waals surface area contributed by atoms with Gasteiger partial charge in [-0.1, -0.05) is 24.3 Å². The fraction of sp³-hybridized carbons (Fsp3) is 0.316. The van der Waals surface area contributed by atoms with Crippen LogP contribution < -0.4 is 4.74 Å². The molecule has 0 aliphatic rings. The van der Waals surface area contributed by atoms with Crippen LogP contribution in [-0.4, -0.2) is 55.7 Å². The number of rotatable bonds is 9. The number of amides is 1. The standard InChI is InChI=1S/C19H20BrClN6O2/c1-3-12-9-13(21)10-23-18(12)29-8-6-5-7-27(4-2)19(28)17-22-11-14-15(24-17)16(20)26-25-14/h3,9-11H,1,4-8H2,2H3,(H,25,26). The van der Waals surface area contributed by atoms with Crippen LogP contribution in [-0.2, 0) is 0 Å². The van der Waals surface area contributed by atoms with Crippen molar-refractivity contribution in [3.8, 4) is 5.88 Å². The molecule has 152 valence electrons. The first-order valence-corrected chi connectivity index (χ1v) is 10.3. The Bertz CT molecular complexity index is 1030. The Hall–Kier alpha value is -2.52. The molecule has 1 amide bonds. The number of H-pyrrole nitrogens is 1. The van der Waals surface area contributed by atoms with Gasteiger partial charge in [-0.15, -0.1) is 0 Å². The molecule has 29 heavy (non-hydrogen) atoms. The Morgan fingerprint density at radius 3 is 2.97 bits per heavy atom. The Labute approximate surface area is 181 Å². The zero-order valence-corrected chi connectivity index (χ0v) is 18.2. The number of ether oxygens (including phenoxy) is 1. The maximum absolute atomic E-state index is 12.7. The second kappa shape index (κ2) is 9.80. The van der Waals surface area contributed by atoms with Crippen LogP contribution >= 0.6 is 27.5 Å². The Kier molecular flexibility index (Phi) is 7.16. The Balaban J connectivity index is 1.52. The van der Waals surface area contributed by atoms with Crippen molar-refractivity contribution >= 4 is 50.5 Å². The number of halogens is 2. The van der Waals surface area contributed by atoms with Gasteiger partial charge in [0.05, 0.1) is 17.8 Å². The van der Waals surface area contributed by atoms with E-state index in [4.69, 9.17) is 16.3 Å². The average Bonchev–Trinajstić information content (AvgIpc) is 3.11. The summed E-state index contributed by atoms with van der Waals surface area (Å²) in [5.74, 6) is 0.440. The Morgan fingerprint density at radius 2 is 2.21 bits per heavy atom. The van der Waals surface area contributed by atoms with E-state index >= 15 is 0 Å². The summed E-state index contributed by atoms with van der Waals surface area (Å²) in [7, 11) is 0. The van der Waals surface area contributed by atoms with Gasteiger partial charge in [-0.05, 0) is 41.8 Å². The number of hydrogen-bond acceptors (Lipinski definition) is 6. The van der Waals surface area contributed by atoms with Crippen molar-refractivity contribution in [3.63, 3.8) is 0 Å². The fourth-order valence-electron chi connectivity index (χ4n) is 2.71. The molecule has 0 unspecified atom stereocenters. The van der Waals surface area contributed by atoms with Gasteiger partial charge in [-0.3, -0.25) is 9.89 Å². The van der Waals surface area contributed by atoms with Crippen molar-refractivity contribution in [1.82, 2.24) is 30.0 Å². The lowest BCUT2D eigenvalue weighted by atomic mass is 10.2. The molecule has 0 aliphatic carbocycles. The van der Waals surface area contributed by atoms with E-state index in [0.717, 1.165) is 18.4 Å². The van der Waals surface area contributed by atoms with E-state index in [9.17, 15) is 4.79 Å². The van der Waals surface area contributed by atoms with Crippen molar-refractivity contribution in [2.75, 3.05) is 19.7 Å². The van der Waals surface area contributed by atoms with Crippen LogP contribution in [0.25, 0.3) is 17.1 Å². The van der Waals surface area contributed by atoms with Gasteiger partial charge in [0, 0.05) is 24.8 Å². The molecule has 0 saturated carbocycles. The molecule has 0 bridgehead atoms. The summed E-state index contributed by atoms with van der Waals surface area (Å²) in [6.45, 7) is 7.28. The molecule has 0 saturated heterocycles. The summed E-state index contributed by atoms with van der Waals surface area (Å²) < 4.78 is 6.34. The van der Waals surface area contributed by atoms with Crippen LogP contribution in [0, 0.1) is 0 Å². The van der Waals surface area contributed by atoms with Crippen molar-refractivity contribution in [2.45, 2.75) is 19.8 Å². The maximum atomic E-state index is 12.7. The lowest BCUT2D eigenvalue weighted by Crippen LogP contribution is -2.33. The second-order valence-corrected chi connectivity index (χ2v) is 7.39. The highest BCUT2D eigenvalue weighted by molar-refractivity contribution is 9.10. The number of hydrogen-bond donors (Lipinski definition) is 1. The van der Waals surface area contributed by atoms with E-state index in [2.05, 4.69) is 47.7 Å². The average molecular weight is 480 g/mol. The molecule has 3 aromatic heterocycles. The van der Waals surface area contributed by atoms with Gasteiger partial charge >= 0.3 is 0 Å². The first kappa shape index (κ1) is 21.2. The van der Waals surface area contributed by atoms with E-state index in [1.54, 1.807) is 17.0 Å². The lowest BCUT2D eigenvalue weighted by Gasteiger charge is -2.20. The third-order valence-electron chi connectivity index (χ3n) is 4.24. The summed E-state index contributed by atoms with van der Waals surface area (Å²) in [6.07, 6.45) is 6.26. The highest BCUT2D eigenvalue weighted by Gasteiger charge is 2.18. The van der Waals surface area contributed by atoms with Gasteiger partial charge < -0.3 is 9.64 Å². The number of nitrogens with zero attached hydrogens (tertiary/aromatic N) is 5. The van der Waals surface area contributed by atoms with Crippen molar-refractivity contribution in [1.29, 1.82) is 0 Å². The van der Waals surface area contributed by atoms with Crippen LogP contribution in [0.5, 0.6) is 5.88 Å². The van der Waals surface area contributed by atoms with Gasteiger partial charge in [0.25, 0.3) is 5.91 Å². The number of carbonyl (C=O) groups is 1. The number of pyridine rings is 1. The number of aromatic amines is 1. The van der Waals surface area contributed by atoms with Crippen LogP contribution in [0.3, 0.4) is 0 Å². The second-order valence-electron chi connectivity index (χ2n) is 6.16. The molecular weight excluding hydrogens is 460 g/mol. The monoisotopic (exact) mass is 478 g/mol. The number of unbranched alkanes of at least 4 members (excludes halogenated alkanes) is 1. The minimum Gasteiger partial charge on any atom is -0.477 e. The smallest absolute Gasteiger partial charge is 0.291 e. The summed E-state index contributed by atoms with van der Waals surface area (Å²) in [4.78, 5) is 27.1. The first-order valence-electron chi connectivity index (χ1n) is 9.10. The molecule has 0 aromatic carbocycles. The summed E-state index contributed by atoms with van der Waals surface area (Å²) >= 11 is 9.25. The van der Waals surface area contributed by atoms with Crippen molar-refractivity contribution in [2.24, 2.45) is 0 Å². The molecule has 0 radical (unpaired) electrons. The van der Waals surface area contributed by atoms with Crippen LogP contribution in [0.1, 0.15) is 35.9 Å². The number of carbonyl (C=O) groups excluding carboxylic acids is 1. The SMILES string of the molecule is C=Cc1cc(Cl)cnc1OCCCCN(CC)C(=O)c1ncc2n[nH]c(Br)c2n1. The maximum Gasteiger partial charge on any atom is 0.291 e. The molecular formula is C19H20BrClN6O2. The molecule has 8 nitrogen and oxygen atoms in total. The fourth-order valence-corrected chi connectivity index (χ4v) is 3.26. The number of fused-ring (bicyclic) bond motifs is 1. The predicted octanol–water partition coefficient (Wildman–Crippen LogP) is 4.13. The van der Waals surface area contributed by atoms with E-state index < -0.39 is 0 Å². The normalized spacial score (nSPS) is 10.9. The minimum absolute atomic E-state index is 0.152. The van der Waals surface area contributed by atoms with Gasteiger partial charge in [0.1, 0.15) is 15.6 Å². The van der Waals surface area contributed by atoms with Crippen LogP contribution in [0.4, 0.5) is 0 Å². The highest BCUT2D eigenvalue weighted by atomic mass is 79.9. The largest absolute Gasteiger partial charge is 0.477 e. The van der Waals surface area contributed by atoms with E-state index in [1.807, 2.05) is 6.92 Å². The Morgan fingerprint density at radius 1 is 1.38 bits per heavy atom. The first-order chi connectivity index (χ1) is 14.0. The quantitative estimate of drug-likeness (QED) is 0.464. The highest BCUT2D eigenvalue weighted by Crippen LogP contribution is 2.21. The minimum atomic E-state index is -0.211. The van der Waals surface area contributed by atoms with Crippen molar-refractivity contribution < 1.29 is 9.53 Å². The molecule has 0 spiro atoms. The molecule has 0 aliphatic heterocycles. The molecule has 0 atom stereocenters. The van der Waals surface area contributed by atoms with Gasteiger partial charge in [-0.25, -0.2) is 15.0 Å². The molecule has 3 aromatic rings. The summed E-state index contributed by atoms with van der Waals surface area (Å²) in [5, 5.41) is 7.34. The van der Waals surface area contributed by atoms with Crippen LogP contribution in [0.15, 0.2) is 29.6 Å². The van der Waals surface area contributed by atoms with E-state index in [1.165, 1.54) is 12.4 Å². The molecule has 3 rings (SSSR count). The lowest BCUT2D eigenvalue weighted by molar-refractivity contribution is 0.0747. The third-order valence-corrected chi connectivity index (χ3v) is 5.00.